The first-order chi connectivity index (χ1) is 13.3. The van der Waals surface area contributed by atoms with Crippen LogP contribution in [0.3, 0.4) is 0 Å². The molecule has 0 radical (unpaired) electrons. The fourth-order valence-electron chi connectivity index (χ4n) is 3.21. The Kier molecular flexibility index (Phi) is 4.31. The molecule has 1 aromatic carbocycles. The van der Waals surface area contributed by atoms with Crippen molar-refractivity contribution >= 4 is 27.9 Å². The lowest BCUT2D eigenvalue weighted by Crippen LogP contribution is -2.44. The lowest BCUT2D eigenvalue weighted by Gasteiger charge is -2.25. The molecule has 0 aliphatic rings. The van der Waals surface area contributed by atoms with Crippen molar-refractivity contribution in [3.05, 3.63) is 52.8 Å². The fourth-order valence-corrected chi connectivity index (χ4v) is 3.21. The average Bonchev–Trinajstić information content (AvgIpc) is 3.08. The Morgan fingerprint density at radius 2 is 2.07 bits per heavy atom. The van der Waals surface area contributed by atoms with Crippen LogP contribution in [0.15, 0.2) is 41.7 Å². The van der Waals surface area contributed by atoms with E-state index in [1.165, 1.54) is 11.0 Å². The van der Waals surface area contributed by atoms with Crippen LogP contribution in [0.1, 0.15) is 19.4 Å². The van der Waals surface area contributed by atoms with Crippen LogP contribution in [0.4, 0.5) is 5.95 Å². The molecular weight excluding hydrogens is 356 g/mol. The van der Waals surface area contributed by atoms with Gasteiger partial charge in [-0.3, -0.25) is 4.79 Å². The van der Waals surface area contributed by atoms with Gasteiger partial charge in [0, 0.05) is 30.7 Å². The Balaban J connectivity index is 1.66. The maximum absolute atomic E-state index is 12.9. The standard InChI is InChI=1S/C19H22N8O/c1-19(2,20)10-26(3)18-24-15-8-23-27(17(28)16(15)25-18)9-12-4-5-13-7-21-11-22-14(13)6-12/h4-8,11H,9-10,20H2,1-3H3,(H,24,25). The number of hydrogen-bond donors (Lipinski definition) is 2. The van der Waals surface area contributed by atoms with Crippen molar-refractivity contribution in [1.29, 1.82) is 0 Å². The molecular formula is C19H22N8O. The summed E-state index contributed by atoms with van der Waals surface area (Å²) in [5.41, 5.74) is 8.19. The van der Waals surface area contributed by atoms with Crippen molar-refractivity contribution < 1.29 is 0 Å². The number of nitrogens with zero attached hydrogens (tertiary/aromatic N) is 6. The molecule has 0 atom stereocenters. The van der Waals surface area contributed by atoms with Crippen molar-refractivity contribution in [2.75, 3.05) is 18.5 Å². The molecule has 3 N–H and O–H groups in total. The predicted octanol–water partition coefficient (Wildman–Crippen LogP) is 1.28. The molecule has 28 heavy (non-hydrogen) atoms. The van der Waals surface area contributed by atoms with Crippen LogP contribution in [0.2, 0.25) is 0 Å². The third-order valence-electron chi connectivity index (χ3n) is 4.40. The molecule has 0 aliphatic carbocycles. The zero-order valence-electron chi connectivity index (χ0n) is 16.0. The predicted molar refractivity (Wildman–Crippen MR) is 108 cm³/mol. The van der Waals surface area contributed by atoms with Gasteiger partial charge in [-0.1, -0.05) is 12.1 Å². The maximum atomic E-state index is 12.9. The van der Waals surface area contributed by atoms with Gasteiger partial charge >= 0.3 is 0 Å². The molecule has 0 saturated carbocycles. The van der Waals surface area contributed by atoms with E-state index >= 15 is 0 Å². The Labute approximate surface area is 161 Å². The van der Waals surface area contributed by atoms with E-state index in [0.717, 1.165) is 16.5 Å². The second-order valence-electron chi connectivity index (χ2n) is 7.69. The third-order valence-corrected chi connectivity index (χ3v) is 4.40. The lowest BCUT2D eigenvalue weighted by atomic mass is 10.1. The molecule has 3 aromatic heterocycles. The summed E-state index contributed by atoms with van der Waals surface area (Å²) in [7, 11) is 1.88. The summed E-state index contributed by atoms with van der Waals surface area (Å²) >= 11 is 0. The monoisotopic (exact) mass is 378 g/mol. The highest BCUT2D eigenvalue weighted by atomic mass is 16.1. The number of anilines is 1. The number of aromatic amines is 1. The van der Waals surface area contributed by atoms with E-state index in [1.807, 2.05) is 44.0 Å². The van der Waals surface area contributed by atoms with Crippen molar-refractivity contribution in [2.24, 2.45) is 5.73 Å². The Morgan fingerprint density at radius 3 is 2.86 bits per heavy atom. The maximum Gasteiger partial charge on any atom is 0.293 e. The van der Waals surface area contributed by atoms with Gasteiger partial charge in [-0.05, 0) is 25.5 Å². The van der Waals surface area contributed by atoms with Crippen LogP contribution in [0.25, 0.3) is 21.9 Å². The van der Waals surface area contributed by atoms with Gasteiger partial charge in [-0.2, -0.15) is 5.10 Å². The summed E-state index contributed by atoms with van der Waals surface area (Å²) in [6, 6.07) is 5.82. The lowest BCUT2D eigenvalue weighted by molar-refractivity contribution is 0.516. The van der Waals surface area contributed by atoms with E-state index < -0.39 is 0 Å². The number of nitrogens with one attached hydrogen (secondary N) is 1. The number of hydrogen-bond acceptors (Lipinski definition) is 7. The number of aromatic nitrogens is 6. The quantitative estimate of drug-likeness (QED) is 0.537. The van der Waals surface area contributed by atoms with E-state index in [4.69, 9.17) is 5.73 Å². The minimum absolute atomic E-state index is 0.223. The largest absolute Gasteiger partial charge is 0.344 e. The van der Waals surface area contributed by atoms with Crippen LogP contribution in [-0.2, 0) is 6.54 Å². The molecule has 0 amide bonds. The van der Waals surface area contributed by atoms with E-state index in [1.54, 1.807) is 12.4 Å². The van der Waals surface area contributed by atoms with E-state index in [0.29, 0.717) is 30.1 Å². The Morgan fingerprint density at radius 1 is 1.25 bits per heavy atom. The summed E-state index contributed by atoms with van der Waals surface area (Å²) in [5.74, 6) is 0.590. The first kappa shape index (κ1) is 18.1. The van der Waals surface area contributed by atoms with Crippen LogP contribution < -0.4 is 16.2 Å². The summed E-state index contributed by atoms with van der Waals surface area (Å²) in [4.78, 5) is 30.6. The van der Waals surface area contributed by atoms with Gasteiger partial charge < -0.3 is 15.6 Å². The van der Waals surface area contributed by atoms with Gasteiger partial charge in [0.1, 0.15) is 17.4 Å². The van der Waals surface area contributed by atoms with Crippen LogP contribution in [-0.4, -0.2) is 48.8 Å². The molecule has 0 unspecified atom stereocenters. The fraction of sp³-hybridized carbons (Fsp3) is 0.316. The number of rotatable bonds is 5. The molecule has 0 fully saturated rings. The number of fused-ring (bicyclic) bond motifs is 2. The van der Waals surface area contributed by atoms with E-state index in [-0.39, 0.29) is 11.1 Å². The molecule has 0 spiro atoms. The van der Waals surface area contributed by atoms with Gasteiger partial charge in [-0.15, -0.1) is 0 Å². The number of imidazole rings is 1. The van der Waals surface area contributed by atoms with Crippen LogP contribution >= 0.6 is 0 Å². The molecule has 4 aromatic rings. The second-order valence-corrected chi connectivity index (χ2v) is 7.69. The smallest absolute Gasteiger partial charge is 0.293 e. The number of H-pyrrole nitrogens is 1. The van der Waals surface area contributed by atoms with Gasteiger partial charge in [0.2, 0.25) is 5.95 Å². The second kappa shape index (κ2) is 6.68. The highest BCUT2D eigenvalue weighted by Crippen LogP contribution is 2.16. The highest BCUT2D eigenvalue weighted by Gasteiger charge is 2.18. The molecule has 0 aliphatic heterocycles. The van der Waals surface area contributed by atoms with Gasteiger partial charge in [-0.25, -0.2) is 19.6 Å². The summed E-state index contributed by atoms with van der Waals surface area (Å²) in [6.07, 6.45) is 4.86. The third kappa shape index (κ3) is 3.56. The summed E-state index contributed by atoms with van der Waals surface area (Å²) in [5, 5.41) is 5.22. The molecule has 144 valence electrons. The molecule has 0 saturated heterocycles. The van der Waals surface area contributed by atoms with Gasteiger partial charge in [0.05, 0.1) is 18.3 Å². The molecule has 9 nitrogen and oxygen atoms in total. The Bertz CT molecular complexity index is 1200. The topological polar surface area (TPSA) is 119 Å². The van der Waals surface area contributed by atoms with Crippen molar-refractivity contribution in [2.45, 2.75) is 25.9 Å². The zero-order valence-corrected chi connectivity index (χ0v) is 16.0. The molecule has 0 bridgehead atoms. The van der Waals surface area contributed by atoms with Crippen molar-refractivity contribution in [3.63, 3.8) is 0 Å². The zero-order chi connectivity index (χ0) is 19.9. The normalized spacial score (nSPS) is 12.0. The minimum Gasteiger partial charge on any atom is -0.344 e. The molecule has 3 heterocycles. The van der Waals surface area contributed by atoms with Crippen molar-refractivity contribution in [1.82, 2.24) is 29.7 Å². The highest BCUT2D eigenvalue weighted by molar-refractivity contribution is 5.78. The SMILES string of the molecule is CN(CC(C)(C)N)c1nc2cnn(Cc3ccc4cncnc4c3)c(=O)c2[nH]1. The summed E-state index contributed by atoms with van der Waals surface area (Å²) in [6.45, 7) is 4.81. The number of benzene rings is 1. The average molecular weight is 378 g/mol. The first-order valence-corrected chi connectivity index (χ1v) is 8.95. The van der Waals surface area contributed by atoms with E-state index in [2.05, 4.69) is 25.0 Å². The minimum atomic E-state index is -0.383. The Hall–Kier alpha value is -3.33. The molecule has 4 rings (SSSR count). The van der Waals surface area contributed by atoms with Crippen LogP contribution in [0.5, 0.6) is 0 Å². The number of nitrogens with two attached hydrogens (primary N) is 1. The summed E-state index contributed by atoms with van der Waals surface area (Å²) < 4.78 is 1.42. The van der Waals surface area contributed by atoms with Crippen LogP contribution in [0, 0.1) is 0 Å². The van der Waals surface area contributed by atoms with Gasteiger partial charge in [0.25, 0.3) is 5.56 Å². The number of likely N-dealkylation sites (N-methyl/N-ethyl adjacent to an activating group) is 1. The van der Waals surface area contributed by atoms with Crippen molar-refractivity contribution in [3.8, 4) is 0 Å². The van der Waals surface area contributed by atoms with Gasteiger partial charge in [0.15, 0.2) is 0 Å². The molecule has 9 heteroatoms. The first-order valence-electron chi connectivity index (χ1n) is 8.95. The van der Waals surface area contributed by atoms with E-state index in [9.17, 15) is 4.79 Å².